The zero-order chi connectivity index (χ0) is 17.1. The second-order valence-corrected chi connectivity index (χ2v) is 6.12. The third kappa shape index (κ3) is 3.43. The Morgan fingerprint density at radius 3 is 2.64 bits per heavy atom. The Balaban J connectivity index is 1.37. The topological polar surface area (TPSA) is 47.6 Å². The van der Waals surface area contributed by atoms with E-state index in [1.165, 1.54) is 0 Å². The Kier molecular flexibility index (Phi) is 4.25. The minimum Gasteiger partial charge on any atom is -0.486 e. The number of benzene rings is 3. The first-order chi connectivity index (χ1) is 12.3. The molecule has 1 aliphatic heterocycles. The number of carbonyl (C=O) groups is 1. The highest BCUT2D eigenvalue weighted by Crippen LogP contribution is 2.30. The maximum absolute atomic E-state index is 12.3. The van der Waals surface area contributed by atoms with Crippen LogP contribution in [0.3, 0.4) is 0 Å². The van der Waals surface area contributed by atoms with Crippen LogP contribution < -0.4 is 14.8 Å². The standard InChI is InChI=1S/C21H19NO3/c23-21(12-16-8-5-7-15-6-1-2-9-18(15)16)22-13-17-14-24-19-10-3-4-11-20(19)25-17/h1-11,17H,12-14H2,(H,22,23). The Labute approximate surface area is 146 Å². The summed E-state index contributed by atoms with van der Waals surface area (Å²) in [6.45, 7) is 0.865. The van der Waals surface area contributed by atoms with E-state index < -0.39 is 0 Å². The fourth-order valence-corrected chi connectivity index (χ4v) is 3.07. The lowest BCUT2D eigenvalue weighted by Crippen LogP contribution is -2.41. The Hall–Kier alpha value is -3.01. The van der Waals surface area contributed by atoms with Gasteiger partial charge >= 0.3 is 0 Å². The van der Waals surface area contributed by atoms with Gasteiger partial charge in [-0.1, -0.05) is 54.6 Å². The van der Waals surface area contributed by atoms with Crippen molar-refractivity contribution < 1.29 is 14.3 Å². The number of fused-ring (bicyclic) bond motifs is 2. The summed E-state index contributed by atoms with van der Waals surface area (Å²) in [5.74, 6) is 1.46. The van der Waals surface area contributed by atoms with Crippen molar-refractivity contribution in [1.29, 1.82) is 0 Å². The van der Waals surface area contributed by atoms with Gasteiger partial charge in [0, 0.05) is 0 Å². The SMILES string of the molecule is O=C(Cc1cccc2ccccc12)NCC1COc2ccccc2O1. The molecule has 0 saturated carbocycles. The van der Waals surface area contributed by atoms with Crippen LogP contribution >= 0.6 is 0 Å². The van der Waals surface area contributed by atoms with Crippen LogP contribution in [0.1, 0.15) is 5.56 Å². The van der Waals surface area contributed by atoms with Crippen LogP contribution in [-0.4, -0.2) is 25.2 Å². The lowest BCUT2D eigenvalue weighted by molar-refractivity contribution is -0.120. The van der Waals surface area contributed by atoms with Crippen LogP contribution in [0.25, 0.3) is 10.8 Å². The van der Waals surface area contributed by atoms with E-state index in [1.54, 1.807) is 0 Å². The van der Waals surface area contributed by atoms with Gasteiger partial charge in [-0.25, -0.2) is 0 Å². The molecule has 126 valence electrons. The van der Waals surface area contributed by atoms with Gasteiger partial charge in [0.25, 0.3) is 0 Å². The average molecular weight is 333 g/mol. The zero-order valence-electron chi connectivity index (χ0n) is 13.8. The van der Waals surface area contributed by atoms with Crippen molar-refractivity contribution in [2.45, 2.75) is 12.5 Å². The van der Waals surface area contributed by atoms with Gasteiger partial charge in [0.2, 0.25) is 5.91 Å². The predicted octanol–water partition coefficient (Wildman–Crippen LogP) is 3.34. The highest BCUT2D eigenvalue weighted by atomic mass is 16.6. The van der Waals surface area contributed by atoms with E-state index in [2.05, 4.69) is 17.4 Å². The summed E-state index contributed by atoms with van der Waals surface area (Å²) in [5, 5.41) is 5.22. The van der Waals surface area contributed by atoms with E-state index >= 15 is 0 Å². The van der Waals surface area contributed by atoms with Gasteiger partial charge in [-0.05, 0) is 28.5 Å². The number of amides is 1. The van der Waals surface area contributed by atoms with Gasteiger partial charge in [0.05, 0.1) is 13.0 Å². The summed E-state index contributed by atoms with van der Waals surface area (Å²) < 4.78 is 11.5. The summed E-state index contributed by atoms with van der Waals surface area (Å²) in [5.41, 5.74) is 1.03. The summed E-state index contributed by atoms with van der Waals surface area (Å²) in [6, 6.07) is 21.7. The smallest absolute Gasteiger partial charge is 0.224 e. The molecule has 4 heteroatoms. The van der Waals surface area contributed by atoms with Crippen LogP contribution in [0.4, 0.5) is 0 Å². The summed E-state index contributed by atoms with van der Waals surface area (Å²) in [6.07, 6.45) is 0.178. The number of para-hydroxylation sites is 2. The fourth-order valence-electron chi connectivity index (χ4n) is 3.07. The molecule has 1 N–H and O–H groups in total. The van der Waals surface area contributed by atoms with Crippen molar-refractivity contribution in [3.8, 4) is 11.5 Å². The van der Waals surface area contributed by atoms with Crippen molar-refractivity contribution in [2.24, 2.45) is 0 Å². The molecule has 0 radical (unpaired) electrons. The number of hydrogen-bond acceptors (Lipinski definition) is 3. The Bertz CT molecular complexity index is 901. The third-order valence-corrected chi connectivity index (χ3v) is 4.33. The molecule has 0 aromatic heterocycles. The molecule has 1 aliphatic rings. The van der Waals surface area contributed by atoms with E-state index in [-0.39, 0.29) is 12.0 Å². The molecule has 1 unspecified atom stereocenters. The minimum atomic E-state index is -0.175. The van der Waals surface area contributed by atoms with Crippen LogP contribution in [-0.2, 0) is 11.2 Å². The normalized spacial score (nSPS) is 15.8. The molecule has 4 nitrogen and oxygen atoms in total. The van der Waals surface area contributed by atoms with E-state index in [0.717, 1.165) is 27.8 Å². The average Bonchev–Trinajstić information content (AvgIpc) is 2.66. The molecule has 1 atom stereocenters. The summed E-state index contributed by atoms with van der Waals surface area (Å²) in [4.78, 5) is 12.3. The molecular formula is C21H19NO3. The number of rotatable bonds is 4. The van der Waals surface area contributed by atoms with Gasteiger partial charge in [-0.3, -0.25) is 4.79 Å². The highest BCUT2D eigenvalue weighted by Gasteiger charge is 2.21. The highest BCUT2D eigenvalue weighted by molar-refractivity contribution is 5.90. The molecule has 3 aromatic carbocycles. The molecule has 0 fully saturated rings. The van der Waals surface area contributed by atoms with Gasteiger partial charge in [-0.15, -0.1) is 0 Å². The lowest BCUT2D eigenvalue weighted by Gasteiger charge is -2.26. The first-order valence-electron chi connectivity index (χ1n) is 8.41. The van der Waals surface area contributed by atoms with Gasteiger partial charge in [-0.2, -0.15) is 0 Å². The first-order valence-corrected chi connectivity index (χ1v) is 8.41. The Morgan fingerprint density at radius 1 is 0.960 bits per heavy atom. The summed E-state index contributed by atoms with van der Waals surface area (Å²) >= 11 is 0. The first kappa shape index (κ1) is 15.5. The maximum atomic E-state index is 12.3. The van der Waals surface area contributed by atoms with E-state index in [0.29, 0.717) is 19.6 Å². The number of nitrogens with one attached hydrogen (secondary N) is 1. The monoisotopic (exact) mass is 333 g/mol. The predicted molar refractivity (Wildman–Crippen MR) is 97.0 cm³/mol. The molecule has 25 heavy (non-hydrogen) atoms. The van der Waals surface area contributed by atoms with Crippen molar-refractivity contribution in [3.05, 3.63) is 72.3 Å². The van der Waals surface area contributed by atoms with Crippen molar-refractivity contribution in [2.75, 3.05) is 13.2 Å². The molecule has 0 saturated heterocycles. The molecule has 0 aliphatic carbocycles. The molecule has 1 amide bonds. The number of hydrogen-bond donors (Lipinski definition) is 1. The number of ether oxygens (including phenoxy) is 2. The molecule has 3 aromatic rings. The van der Waals surface area contributed by atoms with Crippen LogP contribution in [0.5, 0.6) is 11.5 Å². The van der Waals surface area contributed by atoms with Gasteiger partial charge in [0.1, 0.15) is 12.7 Å². The zero-order valence-corrected chi connectivity index (χ0v) is 13.8. The van der Waals surface area contributed by atoms with E-state index in [1.807, 2.05) is 54.6 Å². The summed E-state index contributed by atoms with van der Waals surface area (Å²) in [7, 11) is 0. The lowest BCUT2D eigenvalue weighted by atomic mass is 10.0. The fraction of sp³-hybridized carbons (Fsp3) is 0.190. The molecule has 1 heterocycles. The van der Waals surface area contributed by atoms with Crippen LogP contribution in [0.15, 0.2) is 66.7 Å². The second kappa shape index (κ2) is 6.85. The Morgan fingerprint density at radius 2 is 1.72 bits per heavy atom. The number of carbonyl (C=O) groups excluding carboxylic acids is 1. The molecule has 0 spiro atoms. The maximum Gasteiger partial charge on any atom is 0.224 e. The minimum absolute atomic E-state index is 0.0150. The van der Waals surface area contributed by atoms with Crippen LogP contribution in [0, 0.1) is 0 Å². The van der Waals surface area contributed by atoms with Gasteiger partial charge in [0.15, 0.2) is 11.5 Å². The van der Waals surface area contributed by atoms with Gasteiger partial charge < -0.3 is 14.8 Å². The third-order valence-electron chi connectivity index (χ3n) is 4.33. The quantitative estimate of drug-likeness (QED) is 0.796. The van der Waals surface area contributed by atoms with E-state index in [4.69, 9.17) is 9.47 Å². The van der Waals surface area contributed by atoms with Crippen molar-refractivity contribution in [1.82, 2.24) is 5.32 Å². The van der Waals surface area contributed by atoms with E-state index in [9.17, 15) is 4.79 Å². The van der Waals surface area contributed by atoms with Crippen molar-refractivity contribution in [3.63, 3.8) is 0 Å². The molecule has 0 bridgehead atoms. The van der Waals surface area contributed by atoms with Crippen LogP contribution in [0.2, 0.25) is 0 Å². The molecule has 4 rings (SSSR count). The van der Waals surface area contributed by atoms with Crippen molar-refractivity contribution >= 4 is 16.7 Å². The second-order valence-electron chi connectivity index (χ2n) is 6.12. The largest absolute Gasteiger partial charge is 0.486 e. The molecular weight excluding hydrogens is 314 g/mol.